The van der Waals surface area contributed by atoms with Gasteiger partial charge in [0.25, 0.3) is 0 Å². The Hall–Kier alpha value is -1.61. The smallest absolute Gasteiger partial charge is 0.192 e. The molecule has 1 heterocycles. The van der Waals surface area contributed by atoms with E-state index < -0.39 is 0 Å². The fourth-order valence-electron chi connectivity index (χ4n) is 1.44. The predicted molar refractivity (Wildman–Crippen MR) is 53.2 cm³/mol. The Bertz CT molecular complexity index is 499. The summed E-state index contributed by atoms with van der Waals surface area (Å²) in [5.74, 6) is 0. The Kier molecular flexibility index (Phi) is 2.33. The monoisotopic (exact) mass is 190 g/mol. The molecule has 0 unspecified atom stereocenters. The largest absolute Gasteiger partial charge is 0.464 e. The first kappa shape index (κ1) is 8.97. The van der Waals surface area contributed by atoms with Crippen molar-refractivity contribution in [1.82, 2.24) is 0 Å². The Balaban J connectivity index is 2.75. The Labute approximate surface area is 80.9 Å². The first-order valence-electron chi connectivity index (χ1n) is 4.31. The molecule has 2 aromatic rings. The highest BCUT2D eigenvalue weighted by molar-refractivity contribution is 5.79. The van der Waals surface area contributed by atoms with E-state index in [4.69, 9.17) is 9.15 Å². The number of para-hydroxylation sites is 1. The number of hydrogen-bond donors (Lipinski definition) is 0. The molecule has 0 aliphatic carbocycles. The van der Waals surface area contributed by atoms with Crippen LogP contribution in [-0.2, 0) is 11.3 Å². The fourth-order valence-corrected chi connectivity index (χ4v) is 1.44. The van der Waals surface area contributed by atoms with Crippen molar-refractivity contribution >= 4 is 11.0 Å². The molecule has 1 aromatic heterocycles. The predicted octanol–water partition coefficient (Wildman–Crippen LogP) is 1.94. The molecule has 3 nitrogen and oxygen atoms in total. The quantitative estimate of drug-likeness (QED) is 0.726. The van der Waals surface area contributed by atoms with Crippen LogP contribution in [0.1, 0.15) is 5.56 Å². The van der Waals surface area contributed by atoms with E-state index >= 15 is 0 Å². The summed E-state index contributed by atoms with van der Waals surface area (Å²) in [6.45, 7) is 0.449. The van der Waals surface area contributed by atoms with Gasteiger partial charge in [0.1, 0.15) is 5.58 Å². The van der Waals surface area contributed by atoms with E-state index in [1.54, 1.807) is 13.2 Å². The van der Waals surface area contributed by atoms with Crippen LogP contribution >= 0.6 is 0 Å². The first-order chi connectivity index (χ1) is 6.83. The van der Waals surface area contributed by atoms with Gasteiger partial charge in [-0.25, -0.2) is 0 Å². The van der Waals surface area contributed by atoms with Gasteiger partial charge in [-0.3, -0.25) is 4.79 Å². The van der Waals surface area contributed by atoms with E-state index in [0.29, 0.717) is 17.6 Å². The maximum Gasteiger partial charge on any atom is 0.192 e. The van der Waals surface area contributed by atoms with Crippen molar-refractivity contribution in [3.05, 3.63) is 46.3 Å². The van der Waals surface area contributed by atoms with Gasteiger partial charge in [-0.05, 0) is 6.07 Å². The Morgan fingerprint density at radius 3 is 3.00 bits per heavy atom. The average molecular weight is 190 g/mol. The maximum atomic E-state index is 11.4. The van der Waals surface area contributed by atoms with Crippen LogP contribution in [0.15, 0.2) is 39.7 Å². The van der Waals surface area contributed by atoms with Crippen molar-refractivity contribution in [3.63, 3.8) is 0 Å². The molecule has 0 bridgehead atoms. The lowest BCUT2D eigenvalue weighted by Gasteiger charge is -2.02. The molecule has 0 spiro atoms. The molecular weight excluding hydrogens is 180 g/mol. The second-order valence-corrected chi connectivity index (χ2v) is 3.01. The SMILES string of the molecule is COCc1cccc2c(=O)ccoc12. The number of ether oxygens (including phenoxy) is 1. The number of hydrogen-bond acceptors (Lipinski definition) is 3. The highest BCUT2D eigenvalue weighted by atomic mass is 16.5. The van der Waals surface area contributed by atoms with Gasteiger partial charge < -0.3 is 9.15 Å². The Morgan fingerprint density at radius 1 is 1.36 bits per heavy atom. The van der Waals surface area contributed by atoms with Crippen LogP contribution in [0.3, 0.4) is 0 Å². The highest BCUT2D eigenvalue weighted by Gasteiger charge is 2.04. The van der Waals surface area contributed by atoms with Crippen molar-refractivity contribution < 1.29 is 9.15 Å². The highest BCUT2D eigenvalue weighted by Crippen LogP contribution is 2.15. The molecule has 0 N–H and O–H groups in total. The minimum Gasteiger partial charge on any atom is -0.464 e. The number of benzene rings is 1. The topological polar surface area (TPSA) is 39.4 Å². The lowest BCUT2D eigenvalue weighted by Crippen LogP contribution is -2.00. The van der Waals surface area contributed by atoms with Gasteiger partial charge in [0.15, 0.2) is 5.43 Å². The van der Waals surface area contributed by atoms with Crippen LogP contribution in [-0.4, -0.2) is 7.11 Å². The fraction of sp³-hybridized carbons (Fsp3) is 0.182. The minimum atomic E-state index is -0.0239. The van der Waals surface area contributed by atoms with E-state index in [-0.39, 0.29) is 5.43 Å². The van der Waals surface area contributed by atoms with E-state index in [9.17, 15) is 4.79 Å². The summed E-state index contributed by atoms with van der Waals surface area (Å²) >= 11 is 0. The molecule has 0 aliphatic rings. The van der Waals surface area contributed by atoms with Crippen LogP contribution in [0.25, 0.3) is 11.0 Å². The van der Waals surface area contributed by atoms with Gasteiger partial charge in [0, 0.05) is 18.7 Å². The van der Waals surface area contributed by atoms with Crippen LogP contribution in [0.5, 0.6) is 0 Å². The summed E-state index contributed by atoms with van der Waals surface area (Å²) in [5.41, 5.74) is 1.48. The zero-order valence-corrected chi connectivity index (χ0v) is 7.82. The second-order valence-electron chi connectivity index (χ2n) is 3.01. The third-order valence-corrected chi connectivity index (χ3v) is 2.07. The number of methoxy groups -OCH3 is 1. The number of rotatable bonds is 2. The molecule has 1 aromatic carbocycles. The number of fused-ring (bicyclic) bond motifs is 1. The molecule has 0 amide bonds. The average Bonchev–Trinajstić information content (AvgIpc) is 2.20. The summed E-state index contributed by atoms with van der Waals surface area (Å²) < 4.78 is 10.3. The summed E-state index contributed by atoms with van der Waals surface area (Å²) in [7, 11) is 1.61. The zero-order valence-electron chi connectivity index (χ0n) is 7.82. The van der Waals surface area contributed by atoms with Crippen molar-refractivity contribution in [2.45, 2.75) is 6.61 Å². The van der Waals surface area contributed by atoms with Crippen LogP contribution in [0.2, 0.25) is 0 Å². The molecule has 0 fully saturated rings. The first-order valence-corrected chi connectivity index (χ1v) is 4.31. The van der Waals surface area contributed by atoms with Crippen molar-refractivity contribution in [3.8, 4) is 0 Å². The standard InChI is InChI=1S/C11H10O3/c1-13-7-8-3-2-4-9-10(12)5-6-14-11(8)9/h2-6H,7H2,1H3. The van der Waals surface area contributed by atoms with Gasteiger partial charge in [0.05, 0.1) is 18.3 Å². The molecule has 72 valence electrons. The molecule has 0 radical (unpaired) electrons. The van der Waals surface area contributed by atoms with E-state index in [1.807, 2.05) is 12.1 Å². The summed E-state index contributed by atoms with van der Waals surface area (Å²) in [6, 6.07) is 6.88. The van der Waals surface area contributed by atoms with E-state index in [1.165, 1.54) is 12.3 Å². The summed E-state index contributed by atoms with van der Waals surface area (Å²) in [4.78, 5) is 11.4. The molecule has 0 saturated heterocycles. The molecule has 0 atom stereocenters. The molecule has 14 heavy (non-hydrogen) atoms. The minimum absolute atomic E-state index is 0.0239. The molecular formula is C11H10O3. The molecule has 0 saturated carbocycles. The molecule has 0 aliphatic heterocycles. The lowest BCUT2D eigenvalue weighted by atomic mass is 10.1. The maximum absolute atomic E-state index is 11.4. The van der Waals surface area contributed by atoms with E-state index in [2.05, 4.69) is 0 Å². The summed E-state index contributed by atoms with van der Waals surface area (Å²) in [5, 5.41) is 0.599. The van der Waals surface area contributed by atoms with Crippen LogP contribution < -0.4 is 5.43 Å². The Morgan fingerprint density at radius 2 is 2.21 bits per heavy atom. The van der Waals surface area contributed by atoms with Crippen LogP contribution in [0, 0.1) is 0 Å². The zero-order chi connectivity index (χ0) is 9.97. The molecule has 2 rings (SSSR count). The van der Waals surface area contributed by atoms with Gasteiger partial charge in [-0.1, -0.05) is 12.1 Å². The van der Waals surface area contributed by atoms with Crippen LogP contribution in [0.4, 0.5) is 0 Å². The second kappa shape index (κ2) is 3.64. The lowest BCUT2D eigenvalue weighted by molar-refractivity contribution is 0.185. The molecule has 3 heteroatoms. The third kappa shape index (κ3) is 1.42. The normalized spacial score (nSPS) is 10.6. The van der Waals surface area contributed by atoms with E-state index in [0.717, 1.165) is 5.56 Å². The van der Waals surface area contributed by atoms with Gasteiger partial charge >= 0.3 is 0 Å². The van der Waals surface area contributed by atoms with Crippen molar-refractivity contribution in [2.24, 2.45) is 0 Å². The van der Waals surface area contributed by atoms with Gasteiger partial charge in [-0.15, -0.1) is 0 Å². The summed E-state index contributed by atoms with van der Waals surface area (Å²) in [6.07, 6.45) is 1.41. The van der Waals surface area contributed by atoms with Crippen molar-refractivity contribution in [2.75, 3.05) is 7.11 Å². The van der Waals surface area contributed by atoms with Gasteiger partial charge in [-0.2, -0.15) is 0 Å². The van der Waals surface area contributed by atoms with Gasteiger partial charge in [0.2, 0.25) is 0 Å². The van der Waals surface area contributed by atoms with Crippen molar-refractivity contribution in [1.29, 1.82) is 0 Å². The third-order valence-electron chi connectivity index (χ3n) is 2.07.